The predicted molar refractivity (Wildman–Crippen MR) is 56.6 cm³/mol. The number of carboxylic acids is 1. The van der Waals surface area contributed by atoms with Crippen molar-refractivity contribution in [3.05, 3.63) is 29.3 Å². The fourth-order valence-electron chi connectivity index (χ4n) is 2.23. The van der Waals surface area contributed by atoms with E-state index >= 15 is 0 Å². The number of alkyl halides is 2. The van der Waals surface area contributed by atoms with Crippen molar-refractivity contribution in [2.24, 2.45) is 0 Å². The van der Waals surface area contributed by atoms with Gasteiger partial charge in [0.2, 0.25) is 0 Å². The molecule has 0 amide bonds. The van der Waals surface area contributed by atoms with Crippen LogP contribution in [0.1, 0.15) is 17.5 Å². The van der Waals surface area contributed by atoms with E-state index < -0.39 is 23.7 Å². The molecule has 0 radical (unpaired) electrons. The summed E-state index contributed by atoms with van der Waals surface area (Å²) in [6, 6.07) is 4.57. The van der Waals surface area contributed by atoms with Gasteiger partial charge in [0.15, 0.2) is 5.41 Å². The number of hydrogen-bond donors (Lipinski definition) is 1. The van der Waals surface area contributed by atoms with Crippen molar-refractivity contribution in [1.82, 2.24) is 0 Å². The van der Waals surface area contributed by atoms with Gasteiger partial charge in [0.1, 0.15) is 5.75 Å². The summed E-state index contributed by atoms with van der Waals surface area (Å²) in [7, 11) is 1.42. The molecule has 92 valence electrons. The van der Waals surface area contributed by atoms with E-state index in [0.29, 0.717) is 11.3 Å². The molecule has 0 saturated heterocycles. The molecule has 1 N–H and O–H groups in total. The Labute approximate surface area is 97.0 Å². The van der Waals surface area contributed by atoms with Crippen molar-refractivity contribution in [3.63, 3.8) is 0 Å². The SMILES string of the molecule is COc1cccc(C2(C(=O)O)CC2(F)F)c1C. The van der Waals surface area contributed by atoms with E-state index in [2.05, 4.69) is 0 Å². The van der Waals surface area contributed by atoms with Crippen LogP contribution in [-0.4, -0.2) is 24.1 Å². The molecule has 1 aromatic carbocycles. The van der Waals surface area contributed by atoms with Crippen LogP contribution in [0.25, 0.3) is 0 Å². The largest absolute Gasteiger partial charge is 0.496 e. The van der Waals surface area contributed by atoms with Crippen molar-refractivity contribution in [3.8, 4) is 5.75 Å². The molecule has 2 rings (SSSR count). The molecule has 5 heteroatoms. The molecule has 0 aromatic heterocycles. The summed E-state index contributed by atoms with van der Waals surface area (Å²) in [5, 5.41) is 9.06. The molecular formula is C12H12F2O3. The first-order valence-electron chi connectivity index (χ1n) is 5.12. The number of benzene rings is 1. The molecule has 0 aliphatic heterocycles. The lowest BCUT2D eigenvalue weighted by Crippen LogP contribution is -2.28. The Morgan fingerprint density at radius 1 is 1.47 bits per heavy atom. The Balaban J connectivity index is 2.58. The van der Waals surface area contributed by atoms with Crippen LogP contribution in [0.3, 0.4) is 0 Å². The van der Waals surface area contributed by atoms with Crippen molar-refractivity contribution in [2.75, 3.05) is 7.11 Å². The highest BCUT2D eigenvalue weighted by atomic mass is 19.3. The maximum atomic E-state index is 13.4. The molecule has 0 spiro atoms. The highest BCUT2D eigenvalue weighted by molar-refractivity contribution is 5.88. The molecular weight excluding hydrogens is 230 g/mol. The van der Waals surface area contributed by atoms with E-state index in [4.69, 9.17) is 9.84 Å². The lowest BCUT2D eigenvalue weighted by Gasteiger charge is -2.16. The monoisotopic (exact) mass is 242 g/mol. The zero-order valence-electron chi connectivity index (χ0n) is 9.46. The van der Waals surface area contributed by atoms with Gasteiger partial charge in [-0.15, -0.1) is 0 Å². The van der Waals surface area contributed by atoms with Crippen molar-refractivity contribution in [1.29, 1.82) is 0 Å². The first kappa shape index (κ1) is 11.8. The number of hydrogen-bond acceptors (Lipinski definition) is 2. The van der Waals surface area contributed by atoms with Gasteiger partial charge in [-0.05, 0) is 24.1 Å². The van der Waals surface area contributed by atoms with Gasteiger partial charge in [-0.3, -0.25) is 4.79 Å². The lowest BCUT2D eigenvalue weighted by atomic mass is 9.91. The summed E-state index contributed by atoms with van der Waals surface area (Å²) in [5.74, 6) is -4.25. The van der Waals surface area contributed by atoms with Gasteiger partial charge in [0.05, 0.1) is 7.11 Å². The van der Waals surface area contributed by atoms with Gasteiger partial charge < -0.3 is 9.84 Å². The molecule has 1 atom stereocenters. The topological polar surface area (TPSA) is 46.5 Å². The number of rotatable bonds is 3. The predicted octanol–water partition coefficient (Wildman–Crippen LogP) is 2.37. The number of ether oxygens (including phenoxy) is 1. The molecule has 0 heterocycles. The third kappa shape index (κ3) is 1.41. The average molecular weight is 242 g/mol. The first-order valence-corrected chi connectivity index (χ1v) is 5.12. The summed E-state index contributed by atoms with van der Waals surface area (Å²) in [4.78, 5) is 11.1. The highest BCUT2D eigenvalue weighted by Crippen LogP contribution is 2.62. The minimum absolute atomic E-state index is 0.134. The van der Waals surface area contributed by atoms with Crippen LogP contribution in [0.15, 0.2) is 18.2 Å². The number of aliphatic carboxylic acids is 1. The van der Waals surface area contributed by atoms with Gasteiger partial charge >= 0.3 is 5.97 Å². The smallest absolute Gasteiger partial charge is 0.320 e. The van der Waals surface area contributed by atoms with E-state index in [0.717, 1.165) is 0 Å². The zero-order chi connectivity index (χ0) is 12.8. The van der Waals surface area contributed by atoms with Gasteiger partial charge in [-0.2, -0.15) is 0 Å². The number of halogens is 2. The third-order valence-electron chi connectivity index (χ3n) is 3.32. The molecule has 1 fully saturated rings. The molecule has 1 saturated carbocycles. The Kier molecular flexibility index (Phi) is 2.38. The average Bonchev–Trinajstić information content (AvgIpc) is 2.83. The normalized spacial score (nSPS) is 25.4. The number of carboxylic acid groups (broad SMARTS) is 1. The molecule has 3 nitrogen and oxygen atoms in total. The highest BCUT2D eigenvalue weighted by Gasteiger charge is 2.77. The third-order valence-corrected chi connectivity index (χ3v) is 3.32. The first-order chi connectivity index (χ1) is 7.87. The summed E-state index contributed by atoms with van der Waals surface area (Å²) in [6.07, 6.45) is -0.649. The lowest BCUT2D eigenvalue weighted by molar-refractivity contribution is -0.143. The molecule has 0 bridgehead atoms. The van der Waals surface area contributed by atoms with Crippen LogP contribution in [0, 0.1) is 6.92 Å². The van der Waals surface area contributed by atoms with Crippen LogP contribution < -0.4 is 4.74 Å². The van der Waals surface area contributed by atoms with Gasteiger partial charge in [-0.1, -0.05) is 12.1 Å². The number of carbonyl (C=O) groups is 1. The van der Waals surface area contributed by atoms with Crippen molar-refractivity contribution >= 4 is 5.97 Å². The second-order valence-electron chi connectivity index (χ2n) is 4.22. The fourth-order valence-corrected chi connectivity index (χ4v) is 2.23. The zero-order valence-corrected chi connectivity index (χ0v) is 9.46. The fraction of sp³-hybridized carbons (Fsp3) is 0.417. The summed E-state index contributed by atoms with van der Waals surface area (Å²) >= 11 is 0. The molecule has 1 unspecified atom stereocenters. The summed E-state index contributed by atoms with van der Waals surface area (Å²) in [6.45, 7) is 1.59. The molecule has 1 aliphatic rings. The quantitative estimate of drug-likeness (QED) is 0.885. The minimum atomic E-state index is -3.18. The maximum absolute atomic E-state index is 13.4. The van der Waals surface area contributed by atoms with Gasteiger partial charge in [0.25, 0.3) is 5.92 Å². The van der Waals surface area contributed by atoms with Crippen LogP contribution >= 0.6 is 0 Å². The van der Waals surface area contributed by atoms with E-state index in [1.54, 1.807) is 13.0 Å². The second kappa shape index (κ2) is 3.42. The van der Waals surface area contributed by atoms with Crippen molar-refractivity contribution < 1.29 is 23.4 Å². The van der Waals surface area contributed by atoms with Crippen LogP contribution in [0.2, 0.25) is 0 Å². The van der Waals surface area contributed by atoms with Crippen LogP contribution in [0.4, 0.5) is 8.78 Å². The second-order valence-corrected chi connectivity index (χ2v) is 4.22. The van der Waals surface area contributed by atoms with E-state index in [9.17, 15) is 13.6 Å². The molecule has 1 aromatic rings. The van der Waals surface area contributed by atoms with Crippen LogP contribution in [0.5, 0.6) is 5.75 Å². The Hall–Kier alpha value is -1.65. The standard InChI is InChI=1S/C12H12F2O3/c1-7-8(4-3-5-9(7)17-2)11(10(15)16)6-12(11,13)14/h3-5H,6H2,1-2H3,(H,15,16). The Bertz CT molecular complexity index is 485. The van der Waals surface area contributed by atoms with Gasteiger partial charge in [-0.25, -0.2) is 8.78 Å². The molecule has 1 aliphatic carbocycles. The molecule has 17 heavy (non-hydrogen) atoms. The number of methoxy groups -OCH3 is 1. The summed E-state index contributed by atoms with van der Waals surface area (Å²) < 4.78 is 31.8. The van der Waals surface area contributed by atoms with Crippen molar-refractivity contribution in [2.45, 2.75) is 24.7 Å². The van der Waals surface area contributed by atoms with E-state index in [1.165, 1.54) is 19.2 Å². The van der Waals surface area contributed by atoms with E-state index in [-0.39, 0.29) is 5.56 Å². The van der Waals surface area contributed by atoms with Crippen LogP contribution in [-0.2, 0) is 10.2 Å². The van der Waals surface area contributed by atoms with Gasteiger partial charge in [0, 0.05) is 6.42 Å². The minimum Gasteiger partial charge on any atom is -0.496 e. The summed E-state index contributed by atoms with van der Waals surface area (Å²) in [5.41, 5.74) is -1.49. The maximum Gasteiger partial charge on any atom is 0.320 e. The Morgan fingerprint density at radius 3 is 2.47 bits per heavy atom. The Morgan fingerprint density at radius 2 is 2.06 bits per heavy atom. The van der Waals surface area contributed by atoms with E-state index in [1.807, 2.05) is 0 Å².